The van der Waals surface area contributed by atoms with E-state index in [0.29, 0.717) is 17.5 Å². The van der Waals surface area contributed by atoms with Gasteiger partial charge in [-0.25, -0.2) is 4.79 Å². The summed E-state index contributed by atoms with van der Waals surface area (Å²) in [6, 6.07) is 7.00. The molecule has 4 amide bonds. The van der Waals surface area contributed by atoms with E-state index >= 15 is 0 Å². The summed E-state index contributed by atoms with van der Waals surface area (Å²) in [7, 11) is 0. The second-order valence-corrected chi connectivity index (χ2v) is 12.9. The van der Waals surface area contributed by atoms with Gasteiger partial charge in [0.2, 0.25) is 23.6 Å². The van der Waals surface area contributed by atoms with Crippen LogP contribution in [0.15, 0.2) is 59.7 Å². The lowest BCUT2D eigenvalue weighted by Gasteiger charge is -2.27. The molecule has 2 aromatic carbocycles. The Labute approximate surface area is 300 Å². The fourth-order valence-electron chi connectivity index (χ4n) is 5.44. The third-order valence-electron chi connectivity index (χ3n) is 8.18. The number of guanidine groups is 1. The topological polar surface area (TPSA) is 300 Å². The number of aromatic hydroxyl groups is 1. The van der Waals surface area contributed by atoms with Crippen molar-refractivity contribution in [3.8, 4) is 5.75 Å². The number of H-pyrrole nitrogens is 1. The first-order valence-corrected chi connectivity index (χ1v) is 16.9. The molecule has 17 heteroatoms. The van der Waals surface area contributed by atoms with Crippen LogP contribution in [-0.4, -0.2) is 99.2 Å². The zero-order chi connectivity index (χ0) is 38.4. The van der Waals surface area contributed by atoms with Gasteiger partial charge >= 0.3 is 5.97 Å². The predicted molar refractivity (Wildman–Crippen MR) is 194 cm³/mol. The SMILES string of the molecule is CC(C)C[C@H](NC(=O)[C@H](Cc1ccc(O)cc1)NC(=O)[C@@H](N)CCCN=C(N)N)C(=O)N[C@@H](Cc1c[nH]c2ccccc12)C(=O)N[C@@H](CO)C(=O)O. The number of carbonyl (C=O) groups is 5. The van der Waals surface area contributed by atoms with Gasteiger partial charge in [-0.1, -0.05) is 44.2 Å². The zero-order valence-corrected chi connectivity index (χ0v) is 29.2. The maximum atomic E-state index is 13.9. The summed E-state index contributed by atoms with van der Waals surface area (Å²) in [6.45, 7) is 3.04. The van der Waals surface area contributed by atoms with E-state index in [0.717, 1.165) is 10.9 Å². The Balaban J connectivity index is 1.86. The molecule has 1 heterocycles. The van der Waals surface area contributed by atoms with Crippen LogP contribution in [0.3, 0.4) is 0 Å². The van der Waals surface area contributed by atoms with Crippen LogP contribution in [0.5, 0.6) is 5.75 Å². The number of aliphatic hydroxyl groups excluding tert-OH is 1. The third kappa shape index (κ3) is 12.6. The van der Waals surface area contributed by atoms with E-state index in [1.165, 1.54) is 12.1 Å². The van der Waals surface area contributed by atoms with Crippen LogP contribution in [0, 0.1) is 5.92 Å². The number of fused-ring (bicyclic) bond motifs is 1. The molecule has 3 aromatic rings. The summed E-state index contributed by atoms with van der Waals surface area (Å²) in [6.07, 6.45) is 2.36. The maximum absolute atomic E-state index is 13.9. The van der Waals surface area contributed by atoms with Crippen LogP contribution in [-0.2, 0) is 36.8 Å². The van der Waals surface area contributed by atoms with Crippen LogP contribution in [0.25, 0.3) is 10.9 Å². The summed E-state index contributed by atoms with van der Waals surface area (Å²) in [5.41, 5.74) is 18.8. The number of benzene rings is 2. The van der Waals surface area contributed by atoms with E-state index in [4.69, 9.17) is 17.2 Å². The van der Waals surface area contributed by atoms with Crippen LogP contribution < -0.4 is 38.5 Å². The minimum absolute atomic E-state index is 0.00476. The molecule has 5 atom stereocenters. The van der Waals surface area contributed by atoms with E-state index < -0.39 is 66.4 Å². The molecule has 282 valence electrons. The van der Waals surface area contributed by atoms with E-state index in [-0.39, 0.29) is 49.9 Å². The number of aromatic nitrogens is 1. The van der Waals surface area contributed by atoms with Crippen molar-refractivity contribution in [2.24, 2.45) is 28.1 Å². The predicted octanol–water partition coefficient (Wildman–Crippen LogP) is -0.898. The number of hydrogen-bond acceptors (Lipinski definition) is 9. The molecule has 0 bridgehead atoms. The highest BCUT2D eigenvalue weighted by molar-refractivity contribution is 5.96. The molecule has 0 spiro atoms. The molecule has 0 fully saturated rings. The largest absolute Gasteiger partial charge is 0.508 e. The van der Waals surface area contributed by atoms with Crippen molar-refractivity contribution in [2.75, 3.05) is 13.2 Å². The summed E-state index contributed by atoms with van der Waals surface area (Å²) >= 11 is 0. The third-order valence-corrected chi connectivity index (χ3v) is 8.18. The Morgan fingerprint density at radius 1 is 0.808 bits per heavy atom. The van der Waals surface area contributed by atoms with Gasteiger partial charge in [0.15, 0.2) is 5.96 Å². The van der Waals surface area contributed by atoms with E-state index in [1.807, 2.05) is 32.0 Å². The summed E-state index contributed by atoms with van der Waals surface area (Å²) in [4.78, 5) is 72.9. The van der Waals surface area contributed by atoms with Gasteiger partial charge in [0.05, 0.1) is 12.6 Å². The number of phenols is 1. The van der Waals surface area contributed by atoms with Crippen molar-refractivity contribution < 1.29 is 39.3 Å². The first-order chi connectivity index (χ1) is 24.7. The Morgan fingerprint density at radius 3 is 2.00 bits per heavy atom. The lowest BCUT2D eigenvalue weighted by molar-refractivity contribution is -0.143. The molecule has 1 aromatic heterocycles. The Morgan fingerprint density at radius 2 is 1.38 bits per heavy atom. The van der Waals surface area contributed by atoms with Gasteiger partial charge in [-0.3, -0.25) is 24.2 Å². The number of carbonyl (C=O) groups excluding carboxylic acids is 4. The number of rotatable bonds is 20. The number of nitrogens with two attached hydrogens (primary N) is 3. The van der Waals surface area contributed by atoms with Gasteiger partial charge < -0.3 is 58.8 Å². The van der Waals surface area contributed by atoms with Crippen LogP contribution in [0.4, 0.5) is 0 Å². The Kier molecular flexibility index (Phi) is 15.4. The van der Waals surface area contributed by atoms with Crippen molar-refractivity contribution >= 4 is 46.5 Å². The molecular weight excluding hydrogens is 674 g/mol. The number of nitrogens with one attached hydrogen (secondary N) is 5. The molecule has 3 rings (SSSR count). The molecular formula is C35H49N9O8. The average Bonchev–Trinajstić information content (AvgIpc) is 3.50. The van der Waals surface area contributed by atoms with Gasteiger partial charge in [0.1, 0.15) is 29.9 Å². The van der Waals surface area contributed by atoms with Crippen molar-refractivity contribution in [1.29, 1.82) is 0 Å². The highest BCUT2D eigenvalue weighted by atomic mass is 16.4. The van der Waals surface area contributed by atoms with E-state index in [2.05, 4.69) is 31.2 Å². The molecule has 0 aliphatic carbocycles. The first kappa shape index (κ1) is 40.7. The number of carboxylic acid groups (broad SMARTS) is 1. The number of aliphatic carboxylic acids is 1. The lowest BCUT2D eigenvalue weighted by atomic mass is 9.99. The van der Waals surface area contributed by atoms with Crippen LogP contribution >= 0.6 is 0 Å². The molecule has 14 N–H and O–H groups in total. The molecule has 0 aliphatic rings. The summed E-state index contributed by atoms with van der Waals surface area (Å²) in [5, 5.41) is 39.8. The molecule has 0 saturated carbocycles. The van der Waals surface area contributed by atoms with Crippen LogP contribution in [0.1, 0.15) is 44.2 Å². The van der Waals surface area contributed by atoms with E-state index in [9.17, 15) is 39.3 Å². The normalized spacial score (nSPS) is 14.0. The molecule has 0 radical (unpaired) electrons. The molecule has 0 unspecified atom stereocenters. The molecule has 0 saturated heterocycles. The standard InChI is InChI=1S/C35H49N9O8/c1-19(2)14-26(31(48)43-28(33(50)44-29(18-45)34(51)52)16-21-17-40-25-8-4-3-6-23(21)25)42-32(49)27(15-20-9-11-22(46)12-10-20)41-30(47)24(36)7-5-13-39-35(37)38/h3-4,6,8-12,17,19,24,26-29,40,45-46H,5,7,13-16,18,36H2,1-2H3,(H,41,47)(H,42,49)(H,43,48)(H,44,50)(H,51,52)(H4,37,38,39)/t24-,26-,27-,28-,29-/m0/s1. The number of carboxylic acids is 1. The van der Waals surface area contributed by atoms with Gasteiger partial charge in [-0.15, -0.1) is 0 Å². The lowest BCUT2D eigenvalue weighted by Crippen LogP contribution is -2.59. The smallest absolute Gasteiger partial charge is 0.328 e. The zero-order valence-electron chi connectivity index (χ0n) is 29.2. The number of phenolic OH excluding ortho intramolecular Hbond substituents is 1. The van der Waals surface area contributed by atoms with E-state index in [1.54, 1.807) is 24.4 Å². The number of hydrogen-bond donors (Lipinski definition) is 11. The van der Waals surface area contributed by atoms with Gasteiger partial charge in [0, 0.05) is 36.5 Å². The van der Waals surface area contributed by atoms with Crippen LogP contribution in [0.2, 0.25) is 0 Å². The number of aromatic amines is 1. The fraction of sp³-hybridized carbons (Fsp3) is 0.429. The molecule has 0 aliphatic heterocycles. The molecule has 17 nitrogen and oxygen atoms in total. The fourth-order valence-corrected chi connectivity index (χ4v) is 5.44. The number of aliphatic hydroxyl groups is 1. The molecule has 52 heavy (non-hydrogen) atoms. The Bertz CT molecular complexity index is 1710. The van der Waals surface area contributed by atoms with Crippen molar-refractivity contribution in [1.82, 2.24) is 26.3 Å². The monoisotopic (exact) mass is 723 g/mol. The highest BCUT2D eigenvalue weighted by Gasteiger charge is 2.32. The quantitative estimate of drug-likeness (QED) is 0.0386. The maximum Gasteiger partial charge on any atom is 0.328 e. The number of para-hydroxylation sites is 1. The van der Waals surface area contributed by atoms with Crippen molar-refractivity contribution in [2.45, 2.75) is 76.2 Å². The summed E-state index contributed by atoms with van der Waals surface area (Å²) in [5.74, 6) is -4.60. The highest BCUT2D eigenvalue weighted by Crippen LogP contribution is 2.20. The minimum Gasteiger partial charge on any atom is -0.508 e. The number of aliphatic imine (C=N–C) groups is 1. The van der Waals surface area contributed by atoms with Crippen molar-refractivity contribution in [3.05, 3.63) is 65.9 Å². The second kappa shape index (κ2) is 19.6. The van der Waals surface area contributed by atoms with Gasteiger partial charge in [0.25, 0.3) is 0 Å². The van der Waals surface area contributed by atoms with Gasteiger partial charge in [-0.2, -0.15) is 0 Å². The van der Waals surface area contributed by atoms with Crippen molar-refractivity contribution in [3.63, 3.8) is 0 Å². The number of amides is 4. The number of nitrogens with zero attached hydrogens (tertiary/aromatic N) is 1. The summed E-state index contributed by atoms with van der Waals surface area (Å²) < 4.78 is 0. The van der Waals surface area contributed by atoms with Gasteiger partial charge in [-0.05, 0) is 54.5 Å². The minimum atomic E-state index is -1.62. The average molecular weight is 724 g/mol. The first-order valence-electron chi connectivity index (χ1n) is 16.9. The second-order valence-electron chi connectivity index (χ2n) is 12.9. The Hall–Kier alpha value is -5.68.